The SMILES string of the molecule is CC=CC(=O)OC(C)(C)C(=O)OCCC. The minimum Gasteiger partial charge on any atom is -0.463 e. The van der Waals surface area contributed by atoms with Crippen LogP contribution in [0.15, 0.2) is 12.2 Å². The zero-order valence-corrected chi connectivity index (χ0v) is 9.70. The second kappa shape index (κ2) is 6.22. The van der Waals surface area contributed by atoms with Gasteiger partial charge in [-0.05, 0) is 27.2 Å². The van der Waals surface area contributed by atoms with E-state index in [2.05, 4.69) is 0 Å². The molecule has 0 unspecified atom stereocenters. The maximum absolute atomic E-state index is 11.4. The fourth-order valence-corrected chi connectivity index (χ4v) is 0.832. The number of esters is 2. The topological polar surface area (TPSA) is 52.6 Å². The molecule has 0 N–H and O–H groups in total. The van der Waals surface area contributed by atoms with Crippen molar-refractivity contribution in [1.29, 1.82) is 0 Å². The summed E-state index contributed by atoms with van der Waals surface area (Å²) in [5.41, 5.74) is -1.23. The predicted molar refractivity (Wildman–Crippen MR) is 56.2 cm³/mol. The molecule has 0 aliphatic rings. The number of rotatable bonds is 5. The van der Waals surface area contributed by atoms with Gasteiger partial charge in [-0.15, -0.1) is 0 Å². The Labute approximate surface area is 90.2 Å². The summed E-state index contributed by atoms with van der Waals surface area (Å²) in [7, 11) is 0. The molecule has 0 saturated heterocycles. The summed E-state index contributed by atoms with van der Waals surface area (Å²) >= 11 is 0. The lowest BCUT2D eigenvalue weighted by molar-refractivity contribution is -0.175. The molecule has 15 heavy (non-hydrogen) atoms. The molecule has 0 heterocycles. The maximum atomic E-state index is 11.4. The van der Waals surface area contributed by atoms with Crippen molar-refractivity contribution in [2.45, 2.75) is 39.7 Å². The van der Waals surface area contributed by atoms with Crippen LogP contribution in [0.2, 0.25) is 0 Å². The van der Waals surface area contributed by atoms with Crippen molar-refractivity contribution >= 4 is 11.9 Å². The Kier molecular flexibility index (Phi) is 5.67. The molecule has 0 rings (SSSR count). The fraction of sp³-hybridized carbons (Fsp3) is 0.636. The van der Waals surface area contributed by atoms with Gasteiger partial charge in [0, 0.05) is 6.08 Å². The van der Waals surface area contributed by atoms with Gasteiger partial charge in [0.05, 0.1) is 6.61 Å². The van der Waals surface area contributed by atoms with Crippen LogP contribution in [0.4, 0.5) is 0 Å². The fourth-order valence-electron chi connectivity index (χ4n) is 0.832. The predicted octanol–water partition coefficient (Wildman–Crippen LogP) is 1.84. The molecule has 0 aromatic rings. The lowest BCUT2D eigenvalue weighted by atomic mass is 10.1. The molecule has 86 valence electrons. The highest BCUT2D eigenvalue weighted by atomic mass is 16.6. The maximum Gasteiger partial charge on any atom is 0.350 e. The smallest absolute Gasteiger partial charge is 0.350 e. The van der Waals surface area contributed by atoms with Crippen LogP contribution in [0.3, 0.4) is 0 Å². The van der Waals surface area contributed by atoms with Gasteiger partial charge in [-0.3, -0.25) is 0 Å². The van der Waals surface area contributed by atoms with Gasteiger partial charge in [0.2, 0.25) is 5.60 Å². The highest BCUT2D eigenvalue weighted by molar-refractivity contribution is 5.87. The quantitative estimate of drug-likeness (QED) is 0.517. The van der Waals surface area contributed by atoms with Crippen molar-refractivity contribution in [2.24, 2.45) is 0 Å². The third-order valence-electron chi connectivity index (χ3n) is 1.59. The first-order valence-corrected chi connectivity index (χ1v) is 4.97. The number of allylic oxidation sites excluding steroid dienone is 1. The molecule has 0 aliphatic carbocycles. The van der Waals surface area contributed by atoms with Crippen LogP contribution in [0.1, 0.15) is 34.1 Å². The van der Waals surface area contributed by atoms with Gasteiger partial charge in [-0.1, -0.05) is 13.0 Å². The van der Waals surface area contributed by atoms with Crippen molar-refractivity contribution in [3.8, 4) is 0 Å². The molecular weight excluding hydrogens is 196 g/mol. The first kappa shape index (κ1) is 13.7. The summed E-state index contributed by atoms with van der Waals surface area (Å²) in [4.78, 5) is 22.6. The molecule has 0 radical (unpaired) electrons. The van der Waals surface area contributed by atoms with Crippen LogP contribution in [-0.2, 0) is 19.1 Å². The van der Waals surface area contributed by atoms with Crippen LogP contribution in [-0.4, -0.2) is 24.1 Å². The molecule has 0 spiro atoms. The van der Waals surface area contributed by atoms with Crippen LogP contribution < -0.4 is 0 Å². The second-order valence-electron chi connectivity index (χ2n) is 3.57. The molecule has 0 aromatic heterocycles. The van der Waals surface area contributed by atoms with Crippen molar-refractivity contribution < 1.29 is 19.1 Å². The van der Waals surface area contributed by atoms with E-state index in [1.165, 1.54) is 19.9 Å². The molecule has 0 atom stereocenters. The van der Waals surface area contributed by atoms with Gasteiger partial charge in [0.1, 0.15) is 0 Å². The lowest BCUT2D eigenvalue weighted by Gasteiger charge is -2.21. The molecule has 0 saturated carbocycles. The molecule has 0 fully saturated rings. The minimum absolute atomic E-state index is 0.337. The highest BCUT2D eigenvalue weighted by Gasteiger charge is 2.32. The average molecular weight is 214 g/mol. The molecule has 0 aromatic carbocycles. The number of carbonyl (C=O) groups is 2. The van der Waals surface area contributed by atoms with Crippen molar-refractivity contribution in [3.63, 3.8) is 0 Å². The van der Waals surface area contributed by atoms with E-state index in [1.807, 2.05) is 6.92 Å². The van der Waals surface area contributed by atoms with Crippen molar-refractivity contribution in [2.75, 3.05) is 6.61 Å². The summed E-state index contributed by atoms with van der Waals surface area (Å²) in [6, 6.07) is 0. The first-order valence-electron chi connectivity index (χ1n) is 4.97. The van der Waals surface area contributed by atoms with Crippen molar-refractivity contribution in [3.05, 3.63) is 12.2 Å². The summed E-state index contributed by atoms with van der Waals surface area (Å²) in [6.07, 6.45) is 3.55. The van der Waals surface area contributed by atoms with Gasteiger partial charge in [-0.25, -0.2) is 9.59 Å². The second-order valence-corrected chi connectivity index (χ2v) is 3.57. The zero-order valence-electron chi connectivity index (χ0n) is 9.70. The Morgan fingerprint density at radius 2 is 1.93 bits per heavy atom. The summed E-state index contributed by atoms with van der Waals surface area (Å²) in [6.45, 7) is 6.94. The molecule has 0 aliphatic heterocycles. The van der Waals surface area contributed by atoms with Crippen LogP contribution in [0.5, 0.6) is 0 Å². The highest BCUT2D eigenvalue weighted by Crippen LogP contribution is 2.12. The van der Waals surface area contributed by atoms with Crippen LogP contribution in [0.25, 0.3) is 0 Å². The Balaban J connectivity index is 4.27. The summed E-state index contributed by atoms with van der Waals surface area (Å²) in [5, 5.41) is 0. The largest absolute Gasteiger partial charge is 0.463 e. The standard InChI is InChI=1S/C11H18O4/c1-5-7-9(12)15-11(3,4)10(13)14-8-6-2/h5,7H,6,8H2,1-4H3. The molecule has 0 amide bonds. The van der Waals surface area contributed by atoms with E-state index in [0.29, 0.717) is 6.61 Å². The molecular formula is C11H18O4. The Morgan fingerprint density at radius 3 is 2.40 bits per heavy atom. The van der Waals surface area contributed by atoms with Gasteiger partial charge in [0.15, 0.2) is 0 Å². The van der Waals surface area contributed by atoms with E-state index in [4.69, 9.17) is 9.47 Å². The van der Waals surface area contributed by atoms with Gasteiger partial charge in [0.25, 0.3) is 0 Å². The number of hydrogen-bond acceptors (Lipinski definition) is 4. The summed E-state index contributed by atoms with van der Waals surface area (Å²) in [5.74, 6) is -1.07. The molecule has 4 nitrogen and oxygen atoms in total. The third-order valence-corrected chi connectivity index (χ3v) is 1.59. The zero-order chi connectivity index (χ0) is 11.9. The number of carbonyl (C=O) groups excluding carboxylic acids is 2. The monoisotopic (exact) mass is 214 g/mol. The Hall–Kier alpha value is -1.32. The van der Waals surface area contributed by atoms with Gasteiger partial charge in [-0.2, -0.15) is 0 Å². The van der Waals surface area contributed by atoms with E-state index in [0.717, 1.165) is 6.42 Å². The number of ether oxygens (including phenoxy) is 2. The summed E-state index contributed by atoms with van der Waals surface area (Å²) < 4.78 is 9.83. The number of hydrogen-bond donors (Lipinski definition) is 0. The van der Waals surface area contributed by atoms with E-state index in [-0.39, 0.29) is 0 Å². The first-order chi connectivity index (χ1) is 6.94. The van der Waals surface area contributed by atoms with Gasteiger partial charge < -0.3 is 9.47 Å². The van der Waals surface area contributed by atoms with Crippen LogP contribution in [0, 0.1) is 0 Å². The van der Waals surface area contributed by atoms with E-state index in [1.54, 1.807) is 13.0 Å². The normalized spacial score (nSPS) is 11.5. The lowest BCUT2D eigenvalue weighted by Crippen LogP contribution is -2.38. The van der Waals surface area contributed by atoms with E-state index >= 15 is 0 Å². The Bertz CT molecular complexity index is 253. The minimum atomic E-state index is -1.23. The van der Waals surface area contributed by atoms with E-state index in [9.17, 15) is 9.59 Å². The van der Waals surface area contributed by atoms with Crippen LogP contribution >= 0.6 is 0 Å². The third kappa shape index (κ3) is 5.20. The van der Waals surface area contributed by atoms with Gasteiger partial charge >= 0.3 is 11.9 Å². The average Bonchev–Trinajstić information content (AvgIpc) is 2.13. The molecule has 4 heteroatoms. The van der Waals surface area contributed by atoms with E-state index < -0.39 is 17.5 Å². The Morgan fingerprint density at radius 1 is 1.33 bits per heavy atom. The van der Waals surface area contributed by atoms with Crippen molar-refractivity contribution in [1.82, 2.24) is 0 Å². The molecule has 0 bridgehead atoms.